The first kappa shape index (κ1) is 12.9. The molecule has 0 aromatic carbocycles. The van der Waals surface area contributed by atoms with E-state index >= 15 is 0 Å². The summed E-state index contributed by atoms with van der Waals surface area (Å²) in [4.78, 5) is 14.7. The van der Waals surface area contributed by atoms with Gasteiger partial charge in [0.25, 0.3) is 0 Å². The second kappa shape index (κ2) is 4.60. The average molecular weight is 238 g/mol. The molecule has 0 bridgehead atoms. The zero-order chi connectivity index (χ0) is 12.5. The third-order valence-electron chi connectivity index (χ3n) is 5.11. The van der Waals surface area contributed by atoms with Gasteiger partial charge in [-0.1, -0.05) is 13.8 Å². The van der Waals surface area contributed by atoms with Crippen LogP contribution in [0.25, 0.3) is 0 Å². The molecule has 0 saturated carbocycles. The molecular formula is C14H26N2O. The minimum absolute atomic E-state index is 0.141. The van der Waals surface area contributed by atoms with E-state index in [4.69, 9.17) is 0 Å². The lowest BCUT2D eigenvalue weighted by Crippen LogP contribution is -2.43. The molecule has 3 nitrogen and oxygen atoms in total. The zero-order valence-corrected chi connectivity index (χ0v) is 11.5. The Balaban J connectivity index is 2.03. The van der Waals surface area contributed by atoms with Gasteiger partial charge in [0.1, 0.15) is 0 Å². The molecule has 0 radical (unpaired) electrons. The van der Waals surface area contributed by atoms with E-state index in [9.17, 15) is 4.79 Å². The van der Waals surface area contributed by atoms with Gasteiger partial charge in [0.2, 0.25) is 5.91 Å². The standard InChI is InChI=1S/C14H26N2O/c1-4-14(5-2)7-9-16(11-14)12(17)13(3)6-8-15-10-13/h15H,4-11H2,1-3H3. The highest BCUT2D eigenvalue weighted by atomic mass is 16.2. The number of hydrogen-bond donors (Lipinski definition) is 1. The van der Waals surface area contributed by atoms with Gasteiger partial charge in [-0.2, -0.15) is 0 Å². The highest BCUT2D eigenvalue weighted by Crippen LogP contribution is 2.39. The van der Waals surface area contributed by atoms with Crippen LogP contribution in [0.15, 0.2) is 0 Å². The SMILES string of the molecule is CCC1(CC)CCN(C(=O)C2(C)CCNC2)C1. The molecule has 2 heterocycles. The van der Waals surface area contributed by atoms with Crippen LogP contribution in [-0.4, -0.2) is 37.0 Å². The fraction of sp³-hybridized carbons (Fsp3) is 0.929. The summed E-state index contributed by atoms with van der Waals surface area (Å²) in [6.45, 7) is 10.4. The number of amides is 1. The van der Waals surface area contributed by atoms with E-state index in [-0.39, 0.29) is 5.41 Å². The molecule has 2 fully saturated rings. The summed E-state index contributed by atoms with van der Waals surface area (Å²) in [5.74, 6) is 0.381. The molecule has 1 amide bonds. The highest BCUT2D eigenvalue weighted by molar-refractivity contribution is 5.83. The van der Waals surface area contributed by atoms with Crippen LogP contribution >= 0.6 is 0 Å². The molecular weight excluding hydrogens is 212 g/mol. The normalized spacial score (nSPS) is 32.1. The van der Waals surface area contributed by atoms with Gasteiger partial charge in [0, 0.05) is 19.6 Å². The van der Waals surface area contributed by atoms with Crippen LogP contribution in [0.3, 0.4) is 0 Å². The van der Waals surface area contributed by atoms with Gasteiger partial charge >= 0.3 is 0 Å². The number of nitrogens with zero attached hydrogens (tertiary/aromatic N) is 1. The first-order chi connectivity index (χ1) is 8.05. The first-order valence-electron chi connectivity index (χ1n) is 7.05. The Morgan fingerprint density at radius 1 is 1.29 bits per heavy atom. The fourth-order valence-electron chi connectivity index (χ4n) is 3.32. The largest absolute Gasteiger partial charge is 0.342 e. The van der Waals surface area contributed by atoms with Crippen LogP contribution in [0.1, 0.15) is 46.5 Å². The highest BCUT2D eigenvalue weighted by Gasteiger charge is 2.44. The predicted octanol–water partition coefficient (Wildman–Crippen LogP) is 2.02. The van der Waals surface area contributed by atoms with Gasteiger partial charge in [0.15, 0.2) is 0 Å². The lowest BCUT2D eigenvalue weighted by molar-refractivity contribution is -0.139. The maximum absolute atomic E-state index is 12.6. The summed E-state index contributed by atoms with van der Waals surface area (Å²) in [6.07, 6.45) is 4.58. The molecule has 0 aromatic rings. The molecule has 2 saturated heterocycles. The molecule has 1 N–H and O–H groups in total. The molecule has 17 heavy (non-hydrogen) atoms. The molecule has 0 spiro atoms. The minimum atomic E-state index is -0.141. The van der Waals surface area contributed by atoms with Gasteiger partial charge in [0.05, 0.1) is 5.41 Å². The fourth-order valence-corrected chi connectivity index (χ4v) is 3.32. The molecule has 2 aliphatic heterocycles. The predicted molar refractivity (Wildman–Crippen MR) is 69.8 cm³/mol. The van der Waals surface area contributed by atoms with Gasteiger partial charge < -0.3 is 10.2 Å². The van der Waals surface area contributed by atoms with Crippen molar-refractivity contribution < 1.29 is 4.79 Å². The number of hydrogen-bond acceptors (Lipinski definition) is 2. The zero-order valence-electron chi connectivity index (χ0n) is 11.5. The maximum atomic E-state index is 12.6. The van der Waals surface area contributed by atoms with Crippen molar-refractivity contribution in [1.29, 1.82) is 0 Å². The van der Waals surface area contributed by atoms with Crippen molar-refractivity contribution in [1.82, 2.24) is 10.2 Å². The van der Waals surface area contributed by atoms with E-state index in [2.05, 4.69) is 31.0 Å². The summed E-state index contributed by atoms with van der Waals surface area (Å²) in [5, 5.41) is 3.32. The summed E-state index contributed by atoms with van der Waals surface area (Å²) >= 11 is 0. The number of nitrogens with one attached hydrogen (secondary N) is 1. The second-order valence-electron chi connectivity index (χ2n) is 6.17. The number of carbonyl (C=O) groups excluding carboxylic acids is 1. The van der Waals surface area contributed by atoms with Crippen molar-refractivity contribution in [2.24, 2.45) is 10.8 Å². The van der Waals surface area contributed by atoms with Crippen molar-refractivity contribution in [3.63, 3.8) is 0 Å². The topological polar surface area (TPSA) is 32.3 Å². The van der Waals surface area contributed by atoms with Crippen LogP contribution in [0.4, 0.5) is 0 Å². The third-order valence-corrected chi connectivity index (χ3v) is 5.11. The van der Waals surface area contributed by atoms with Crippen molar-refractivity contribution in [2.75, 3.05) is 26.2 Å². The van der Waals surface area contributed by atoms with Crippen molar-refractivity contribution >= 4 is 5.91 Å². The molecule has 2 rings (SSSR count). The van der Waals surface area contributed by atoms with Gasteiger partial charge in [-0.25, -0.2) is 0 Å². The Labute approximate surface area is 105 Å². The first-order valence-corrected chi connectivity index (χ1v) is 7.05. The van der Waals surface area contributed by atoms with E-state index in [0.717, 1.165) is 32.6 Å². The van der Waals surface area contributed by atoms with E-state index in [1.807, 2.05) is 0 Å². The molecule has 2 aliphatic rings. The minimum Gasteiger partial charge on any atom is -0.342 e. The molecule has 98 valence electrons. The van der Waals surface area contributed by atoms with Crippen LogP contribution < -0.4 is 5.32 Å². The third kappa shape index (κ3) is 2.22. The molecule has 0 aliphatic carbocycles. The number of rotatable bonds is 3. The lowest BCUT2D eigenvalue weighted by atomic mass is 9.81. The van der Waals surface area contributed by atoms with Crippen LogP contribution in [-0.2, 0) is 4.79 Å². The molecule has 0 aromatic heterocycles. The summed E-state index contributed by atoms with van der Waals surface area (Å²) in [7, 11) is 0. The molecule has 1 atom stereocenters. The Bertz CT molecular complexity index is 291. The van der Waals surface area contributed by atoms with Gasteiger partial charge in [-0.05, 0) is 44.6 Å². The monoisotopic (exact) mass is 238 g/mol. The number of carbonyl (C=O) groups is 1. The van der Waals surface area contributed by atoms with Gasteiger partial charge in [-0.3, -0.25) is 4.79 Å². The van der Waals surface area contributed by atoms with E-state index < -0.39 is 0 Å². The Kier molecular flexibility index (Phi) is 3.48. The lowest BCUT2D eigenvalue weighted by Gasteiger charge is -2.31. The summed E-state index contributed by atoms with van der Waals surface area (Å²) in [6, 6.07) is 0. The quantitative estimate of drug-likeness (QED) is 0.816. The van der Waals surface area contributed by atoms with Crippen molar-refractivity contribution in [3.05, 3.63) is 0 Å². The molecule has 1 unspecified atom stereocenters. The Morgan fingerprint density at radius 3 is 2.47 bits per heavy atom. The van der Waals surface area contributed by atoms with Gasteiger partial charge in [-0.15, -0.1) is 0 Å². The smallest absolute Gasteiger partial charge is 0.229 e. The summed E-state index contributed by atoms with van der Waals surface area (Å²) < 4.78 is 0. The number of likely N-dealkylation sites (tertiary alicyclic amines) is 1. The Hall–Kier alpha value is -0.570. The van der Waals surface area contributed by atoms with Crippen LogP contribution in [0.2, 0.25) is 0 Å². The van der Waals surface area contributed by atoms with E-state index in [0.29, 0.717) is 11.3 Å². The average Bonchev–Trinajstić information content (AvgIpc) is 2.96. The van der Waals surface area contributed by atoms with E-state index in [1.54, 1.807) is 0 Å². The van der Waals surface area contributed by atoms with E-state index in [1.165, 1.54) is 19.3 Å². The van der Waals surface area contributed by atoms with Crippen molar-refractivity contribution in [3.8, 4) is 0 Å². The maximum Gasteiger partial charge on any atom is 0.229 e. The molecule has 3 heteroatoms. The van der Waals surface area contributed by atoms with Crippen LogP contribution in [0.5, 0.6) is 0 Å². The summed E-state index contributed by atoms with van der Waals surface area (Å²) in [5.41, 5.74) is 0.260. The van der Waals surface area contributed by atoms with Crippen LogP contribution in [0, 0.1) is 10.8 Å². The van der Waals surface area contributed by atoms with Crippen molar-refractivity contribution in [2.45, 2.75) is 46.5 Å². The second-order valence-corrected chi connectivity index (χ2v) is 6.17. The Morgan fingerprint density at radius 2 is 2.00 bits per heavy atom.